The van der Waals surface area contributed by atoms with E-state index < -0.39 is 0 Å². The van der Waals surface area contributed by atoms with Crippen molar-refractivity contribution in [1.29, 1.82) is 0 Å². The first kappa shape index (κ1) is 23.5. The van der Waals surface area contributed by atoms with Crippen LogP contribution in [0.1, 0.15) is 63.9 Å². The number of carbonyl (C=O) groups is 2. The molecule has 3 aromatic rings. The average Bonchev–Trinajstić information content (AvgIpc) is 3.15. The van der Waals surface area contributed by atoms with E-state index in [0.717, 1.165) is 30.4 Å². The number of hydrogen-bond donors (Lipinski definition) is 2. The Balaban J connectivity index is 1.62. The van der Waals surface area contributed by atoms with E-state index in [1.807, 2.05) is 12.1 Å². The highest BCUT2D eigenvalue weighted by atomic mass is 35.5. The number of hydrogen-bond acceptors (Lipinski definition) is 4. The van der Waals surface area contributed by atoms with Crippen molar-refractivity contribution in [3.63, 3.8) is 0 Å². The van der Waals surface area contributed by atoms with E-state index >= 15 is 0 Å². The summed E-state index contributed by atoms with van der Waals surface area (Å²) in [6.45, 7) is 7.18. The molecule has 172 valence electrons. The third kappa shape index (κ3) is 5.45. The highest BCUT2D eigenvalue weighted by molar-refractivity contribution is 7.17. The maximum absolute atomic E-state index is 13.3. The number of rotatable bonds is 5. The Bertz CT molecular complexity index is 1150. The van der Waals surface area contributed by atoms with Crippen molar-refractivity contribution in [2.75, 3.05) is 5.32 Å². The minimum absolute atomic E-state index is 0.169. The Morgan fingerprint density at radius 2 is 1.91 bits per heavy atom. The van der Waals surface area contributed by atoms with Crippen LogP contribution >= 0.6 is 22.9 Å². The largest absolute Gasteiger partial charge is 0.348 e. The number of amides is 2. The van der Waals surface area contributed by atoms with Gasteiger partial charge in [0.05, 0.1) is 5.56 Å². The van der Waals surface area contributed by atoms with Gasteiger partial charge in [0.15, 0.2) is 0 Å². The molecule has 0 saturated heterocycles. The molecule has 1 aromatic carbocycles. The van der Waals surface area contributed by atoms with E-state index in [9.17, 15) is 9.59 Å². The smallest absolute Gasteiger partial charge is 0.256 e. The molecule has 5 nitrogen and oxygen atoms in total. The molecular weight excluding hydrogens is 454 g/mol. The van der Waals surface area contributed by atoms with E-state index in [4.69, 9.17) is 11.6 Å². The molecule has 0 bridgehead atoms. The van der Waals surface area contributed by atoms with Gasteiger partial charge >= 0.3 is 0 Å². The fourth-order valence-corrected chi connectivity index (χ4v) is 5.65. The Morgan fingerprint density at radius 1 is 1.15 bits per heavy atom. The van der Waals surface area contributed by atoms with Gasteiger partial charge in [0.1, 0.15) is 5.00 Å². The quantitative estimate of drug-likeness (QED) is 0.460. The molecule has 0 fully saturated rings. The van der Waals surface area contributed by atoms with Crippen LogP contribution in [0.5, 0.6) is 0 Å². The second-order valence-corrected chi connectivity index (χ2v) is 11.1. The molecule has 1 aliphatic carbocycles. The van der Waals surface area contributed by atoms with Gasteiger partial charge in [-0.15, -0.1) is 11.3 Å². The monoisotopic (exact) mass is 481 g/mol. The number of fused-ring (bicyclic) bond motifs is 1. The van der Waals surface area contributed by atoms with Crippen molar-refractivity contribution in [1.82, 2.24) is 10.3 Å². The Morgan fingerprint density at radius 3 is 2.58 bits per heavy atom. The first-order chi connectivity index (χ1) is 15.7. The number of halogens is 1. The Hall–Kier alpha value is -2.70. The lowest BCUT2D eigenvalue weighted by Gasteiger charge is -2.33. The minimum atomic E-state index is -0.251. The van der Waals surface area contributed by atoms with Crippen LogP contribution in [-0.4, -0.2) is 16.8 Å². The van der Waals surface area contributed by atoms with Crippen LogP contribution < -0.4 is 10.6 Å². The maximum Gasteiger partial charge on any atom is 0.256 e. The normalized spacial score (nSPS) is 15.6. The van der Waals surface area contributed by atoms with Crippen molar-refractivity contribution in [2.45, 2.75) is 46.6 Å². The molecule has 1 unspecified atom stereocenters. The zero-order valence-electron chi connectivity index (χ0n) is 19.1. The molecule has 7 heteroatoms. The number of carbonyl (C=O) groups excluding carboxylic acids is 2. The maximum atomic E-state index is 13.3. The van der Waals surface area contributed by atoms with E-state index in [-0.39, 0.29) is 17.2 Å². The first-order valence-corrected chi connectivity index (χ1v) is 12.3. The summed E-state index contributed by atoms with van der Waals surface area (Å²) in [4.78, 5) is 31.5. The summed E-state index contributed by atoms with van der Waals surface area (Å²) < 4.78 is 0. The lowest BCUT2D eigenvalue weighted by molar-refractivity contribution is 0.0950. The van der Waals surface area contributed by atoms with E-state index in [2.05, 4.69) is 36.4 Å². The SMILES string of the molecule is CC(C)(C)C1CCc2c(sc(NC(=O)c3ccc(Cl)cc3)c2C(=O)NCc2cccnc2)C1. The molecule has 0 saturated carbocycles. The van der Waals surface area contributed by atoms with Crippen LogP contribution in [-0.2, 0) is 19.4 Å². The summed E-state index contributed by atoms with van der Waals surface area (Å²) in [5.41, 5.74) is 3.27. The molecule has 2 aromatic heterocycles. The van der Waals surface area contributed by atoms with Crippen LogP contribution in [0.2, 0.25) is 5.02 Å². The standard InChI is InChI=1S/C26H28ClN3O2S/c1-26(2,3)18-8-11-20-21(13-18)33-25(30-23(31)17-6-9-19(27)10-7-17)22(20)24(32)29-15-16-5-4-12-28-14-16/h4-7,9-10,12,14,18H,8,11,13,15H2,1-3H3,(H,29,32)(H,30,31). The highest BCUT2D eigenvalue weighted by Gasteiger charge is 2.34. The third-order valence-electron chi connectivity index (χ3n) is 6.23. The fourth-order valence-electron chi connectivity index (χ4n) is 4.20. The summed E-state index contributed by atoms with van der Waals surface area (Å²) in [7, 11) is 0. The zero-order chi connectivity index (χ0) is 23.6. The van der Waals surface area contributed by atoms with Gasteiger partial charge in [0.25, 0.3) is 11.8 Å². The topological polar surface area (TPSA) is 71.1 Å². The fraction of sp³-hybridized carbons (Fsp3) is 0.346. The van der Waals surface area contributed by atoms with Gasteiger partial charge in [0.2, 0.25) is 0 Å². The van der Waals surface area contributed by atoms with Gasteiger partial charge in [-0.3, -0.25) is 14.6 Å². The molecule has 0 aliphatic heterocycles. The number of aromatic nitrogens is 1. The molecule has 2 N–H and O–H groups in total. The van der Waals surface area contributed by atoms with Gasteiger partial charge in [-0.1, -0.05) is 38.4 Å². The summed E-state index contributed by atoms with van der Waals surface area (Å²) in [5.74, 6) is 0.116. The van der Waals surface area contributed by atoms with Crippen LogP contribution in [0, 0.1) is 11.3 Å². The van der Waals surface area contributed by atoms with Gasteiger partial charge in [-0.05, 0) is 72.1 Å². The van der Waals surface area contributed by atoms with Crippen molar-refractivity contribution in [2.24, 2.45) is 11.3 Å². The molecule has 1 aliphatic rings. The number of anilines is 1. The van der Waals surface area contributed by atoms with Gasteiger partial charge in [-0.25, -0.2) is 0 Å². The molecular formula is C26H28ClN3O2S. The van der Waals surface area contributed by atoms with Crippen molar-refractivity contribution < 1.29 is 9.59 Å². The lowest BCUT2D eigenvalue weighted by Crippen LogP contribution is -2.28. The lowest BCUT2D eigenvalue weighted by atomic mass is 9.72. The Labute approximate surface area is 203 Å². The van der Waals surface area contributed by atoms with E-state index in [1.54, 1.807) is 36.7 Å². The molecule has 0 spiro atoms. The van der Waals surface area contributed by atoms with Crippen LogP contribution in [0.25, 0.3) is 0 Å². The van der Waals surface area contributed by atoms with E-state index in [1.165, 1.54) is 16.2 Å². The molecule has 2 heterocycles. The highest BCUT2D eigenvalue weighted by Crippen LogP contribution is 2.44. The van der Waals surface area contributed by atoms with Crippen molar-refractivity contribution in [3.8, 4) is 0 Å². The third-order valence-corrected chi connectivity index (χ3v) is 7.65. The predicted molar refractivity (Wildman–Crippen MR) is 134 cm³/mol. The van der Waals surface area contributed by atoms with Crippen molar-refractivity contribution in [3.05, 3.63) is 80.9 Å². The molecule has 0 radical (unpaired) electrons. The summed E-state index contributed by atoms with van der Waals surface area (Å²) >= 11 is 7.49. The predicted octanol–water partition coefficient (Wildman–Crippen LogP) is 6.13. The van der Waals surface area contributed by atoms with Crippen molar-refractivity contribution >= 4 is 39.8 Å². The number of nitrogens with one attached hydrogen (secondary N) is 2. The second kappa shape index (κ2) is 9.65. The number of benzene rings is 1. The molecule has 4 rings (SSSR count). The van der Waals surface area contributed by atoms with Gasteiger partial charge in [0, 0.05) is 34.4 Å². The Kier molecular flexibility index (Phi) is 6.86. The second-order valence-electron chi connectivity index (χ2n) is 9.52. The molecule has 1 atom stereocenters. The first-order valence-electron chi connectivity index (χ1n) is 11.1. The van der Waals surface area contributed by atoms with Gasteiger partial charge < -0.3 is 10.6 Å². The zero-order valence-corrected chi connectivity index (χ0v) is 20.6. The molecule has 33 heavy (non-hydrogen) atoms. The number of thiophene rings is 1. The number of pyridine rings is 1. The average molecular weight is 482 g/mol. The van der Waals surface area contributed by atoms with E-state index in [0.29, 0.717) is 33.6 Å². The summed E-state index contributed by atoms with van der Waals surface area (Å²) in [6, 6.07) is 10.5. The summed E-state index contributed by atoms with van der Waals surface area (Å²) in [5, 5.41) is 7.19. The van der Waals surface area contributed by atoms with Crippen LogP contribution in [0.3, 0.4) is 0 Å². The minimum Gasteiger partial charge on any atom is -0.348 e. The summed E-state index contributed by atoms with van der Waals surface area (Å²) in [6.07, 6.45) is 6.22. The van der Waals surface area contributed by atoms with Crippen LogP contribution in [0.15, 0.2) is 48.8 Å². The van der Waals surface area contributed by atoms with Crippen LogP contribution in [0.4, 0.5) is 5.00 Å². The molecule has 2 amide bonds. The van der Waals surface area contributed by atoms with Gasteiger partial charge in [-0.2, -0.15) is 0 Å². The number of nitrogens with zero attached hydrogens (tertiary/aromatic N) is 1.